The van der Waals surface area contributed by atoms with E-state index in [1.165, 1.54) is 22.1 Å². The fourth-order valence-electron chi connectivity index (χ4n) is 5.93. The van der Waals surface area contributed by atoms with Gasteiger partial charge in [-0.2, -0.15) is 0 Å². The highest BCUT2D eigenvalue weighted by Crippen LogP contribution is 2.35. The highest BCUT2D eigenvalue weighted by Gasteiger charge is 2.35. The maximum atomic E-state index is 14.2. The summed E-state index contributed by atoms with van der Waals surface area (Å²) in [5.74, 6) is 0.245. The number of rotatable bonds is 9. The molecule has 0 N–H and O–H groups in total. The molecular formula is C40H32N2O4S2. The fraction of sp³-hybridized carbons (Fsp3) is 0.125. The molecule has 0 saturated heterocycles. The molecule has 0 spiro atoms. The highest BCUT2D eigenvalue weighted by molar-refractivity contribution is 7.98. The van der Waals surface area contributed by atoms with Crippen LogP contribution in [0.15, 0.2) is 142 Å². The molecule has 238 valence electrons. The summed E-state index contributed by atoms with van der Waals surface area (Å²) in [6.45, 7) is 2.43. The van der Waals surface area contributed by atoms with Crippen molar-refractivity contribution in [1.82, 2.24) is 4.57 Å². The number of ether oxygens (including phenoxy) is 2. The summed E-state index contributed by atoms with van der Waals surface area (Å²) in [4.78, 5) is 34.4. The predicted molar refractivity (Wildman–Crippen MR) is 194 cm³/mol. The SMILES string of the molecule is CCOC(=O)C1=C(c2ccccc2)N=c2s/c(=C\c3ccc(OCc4cccc5ccccc45)cc3)c(=O)n2[C@@H]1c1ccc(SC)cc1. The topological polar surface area (TPSA) is 69.9 Å². The third-order valence-corrected chi connectivity index (χ3v) is 9.98. The lowest BCUT2D eigenvalue weighted by Crippen LogP contribution is -2.40. The lowest BCUT2D eigenvalue weighted by Gasteiger charge is -2.26. The van der Waals surface area contributed by atoms with Gasteiger partial charge in [-0.15, -0.1) is 11.8 Å². The van der Waals surface area contributed by atoms with Gasteiger partial charge in [0.15, 0.2) is 4.80 Å². The van der Waals surface area contributed by atoms with Crippen LogP contribution < -0.4 is 19.6 Å². The lowest BCUT2D eigenvalue weighted by atomic mass is 9.93. The Hall–Kier alpha value is -5.18. The molecule has 1 aliphatic heterocycles. The molecule has 0 bridgehead atoms. The molecule has 2 heterocycles. The van der Waals surface area contributed by atoms with Crippen molar-refractivity contribution >= 4 is 51.6 Å². The van der Waals surface area contributed by atoms with Crippen LogP contribution in [-0.2, 0) is 16.1 Å². The molecule has 6 nitrogen and oxygen atoms in total. The van der Waals surface area contributed by atoms with Crippen LogP contribution in [0.2, 0.25) is 0 Å². The third kappa shape index (κ3) is 6.24. The van der Waals surface area contributed by atoms with Crippen LogP contribution >= 0.6 is 23.1 Å². The molecule has 48 heavy (non-hydrogen) atoms. The van der Waals surface area contributed by atoms with Crippen LogP contribution in [0.1, 0.15) is 35.2 Å². The Bertz CT molecular complexity index is 2320. The monoisotopic (exact) mass is 668 g/mol. The number of thioether (sulfide) groups is 1. The molecule has 0 aliphatic carbocycles. The van der Waals surface area contributed by atoms with E-state index in [0.29, 0.717) is 27.2 Å². The molecule has 1 aromatic heterocycles. The first kappa shape index (κ1) is 31.4. The molecule has 0 saturated carbocycles. The number of benzene rings is 5. The summed E-state index contributed by atoms with van der Waals surface area (Å²) in [6, 6.07) is 39.0. The molecular weight excluding hydrogens is 637 g/mol. The zero-order valence-corrected chi connectivity index (χ0v) is 28.1. The summed E-state index contributed by atoms with van der Waals surface area (Å²) in [5, 5.41) is 2.35. The number of aromatic nitrogens is 1. The molecule has 5 aromatic carbocycles. The van der Waals surface area contributed by atoms with Gasteiger partial charge < -0.3 is 9.47 Å². The Kier molecular flexibility index (Phi) is 9.09. The maximum Gasteiger partial charge on any atom is 0.338 e. The van der Waals surface area contributed by atoms with Crippen LogP contribution in [0.5, 0.6) is 5.75 Å². The van der Waals surface area contributed by atoms with E-state index in [0.717, 1.165) is 32.9 Å². The van der Waals surface area contributed by atoms with Crippen molar-refractivity contribution in [3.63, 3.8) is 0 Å². The van der Waals surface area contributed by atoms with Gasteiger partial charge in [0.05, 0.1) is 28.5 Å². The van der Waals surface area contributed by atoms with Gasteiger partial charge >= 0.3 is 5.97 Å². The summed E-state index contributed by atoms with van der Waals surface area (Å²) in [5.41, 5.74) is 4.19. The second-order valence-corrected chi connectivity index (χ2v) is 13.1. The number of fused-ring (bicyclic) bond motifs is 2. The van der Waals surface area contributed by atoms with Crippen molar-refractivity contribution in [2.75, 3.05) is 12.9 Å². The first-order valence-electron chi connectivity index (χ1n) is 15.7. The van der Waals surface area contributed by atoms with Crippen molar-refractivity contribution in [1.29, 1.82) is 0 Å². The Morgan fingerprint density at radius 2 is 1.62 bits per heavy atom. The van der Waals surface area contributed by atoms with E-state index < -0.39 is 12.0 Å². The van der Waals surface area contributed by atoms with E-state index in [9.17, 15) is 9.59 Å². The first-order valence-corrected chi connectivity index (χ1v) is 17.7. The summed E-state index contributed by atoms with van der Waals surface area (Å²) in [7, 11) is 0. The minimum absolute atomic E-state index is 0.203. The number of hydrogen-bond donors (Lipinski definition) is 0. The van der Waals surface area contributed by atoms with Crippen molar-refractivity contribution in [3.05, 3.63) is 169 Å². The van der Waals surface area contributed by atoms with E-state index in [1.54, 1.807) is 23.3 Å². The average molecular weight is 669 g/mol. The van der Waals surface area contributed by atoms with Crippen LogP contribution in [0.3, 0.4) is 0 Å². The van der Waals surface area contributed by atoms with Gasteiger partial charge in [0.1, 0.15) is 12.4 Å². The molecule has 1 atom stereocenters. The van der Waals surface area contributed by atoms with Crippen molar-refractivity contribution in [2.24, 2.45) is 4.99 Å². The largest absolute Gasteiger partial charge is 0.489 e. The first-order chi connectivity index (χ1) is 23.5. The number of esters is 1. The minimum Gasteiger partial charge on any atom is -0.489 e. The van der Waals surface area contributed by atoms with Crippen molar-refractivity contribution in [2.45, 2.75) is 24.5 Å². The number of hydrogen-bond acceptors (Lipinski definition) is 7. The Labute approximate surface area is 286 Å². The number of carbonyl (C=O) groups excluding carboxylic acids is 1. The summed E-state index contributed by atoms with van der Waals surface area (Å²) >= 11 is 2.94. The van der Waals surface area contributed by atoms with Crippen LogP contribution in [0.4, 0.5) is 0 Å². The predicted octanol–water partition coefficient (Wildman–Crippen LogP) is 7.39. The molecule has 6 aromatic rings. The van der Waals surface area contributed by atoms with Crippen LogP contribution in [0.25, 0.3) is 22.5 Å². The second kappa shape index (κ2) is 13.9. The number of nitrogens with zero attached hydrogens (tertiary/aromatic N) is 2. The van der Waals surface area contributed by atoms with Gasteiger partial charge in [-0.1, -0.05) is 108 Å². The molecule has 0 unspecified atom stereocenters. The number of thiazole rings is 1. The van der Waals surface area contributed by atoms with Crippen LogP contribution in [-0.4, -0.2) is 23.4 Å². The van der Waals surface area contributed by atoms with Gasteiger partial charge in [-0.25, -0.2) is 9.79 Å². The zero-order valence-electron chi connectivity index (χ0n) is 26.5. The average Bonchev–Trinajstić information content (AvgIpc) is 3.44. The van der Waals surface area contributed by atoms with Gasteiger partial charge in [0.2, 0.25) is 0 Å². The van der Waals surface area contributed by atoms with Gasteiger partial charge in [0.25, 0.3) is 5.56 Å². The van der Waals surface area contributed by atoms with Gasteiger partial charge in [-0.3, -0.25) is 9.36 Å². The van der Waals surface area contributed by atoms with E-state index in [-0.39, 0.29) is 12.2 Å². The highest BCUT2D eigenvalue weighted by atomic mass is 32.2. The van der Waals surface area contributed by atoms with Crippen molar-refractivity contribution in [3.8, 4) is 5.75 Å². The van der Waals surface area contributed by atoms with E-state index in [4.69, 9.17) is 14.5 Å². The van der Waals surface area contributed by atoms with Crippen molar-refractivity contribution < 1.29 is 14.3 Å². The smallest absolute Gasteiger partial charge is 0.338 e. The third-order valence-electron chi connectivity index (χ3n) is 8.26. The van der Waals surface area contributed by atoms with E-state index >= 15 is 0 Å². The fourth-order valence-corrected chi connectivity index (χ4v) is 7.34. The normalized spacial score (nSPS) is 14.5. The van der Waals surface area contributed by atoms with E-state index in [2.05, 4.69) is 24.3 Å². The minimum atomic E-state index is -0.710. The summed E-state index contributed by atoms with van der Waals surface area (Å²) < 4.78 is 13.9. The molecule has 8 heteroatoms. The van der Waals surface area contributed by atoms with Gasteiger partial charge in [-0.05, 0) is 71.0 Å². The molecule has 1 aliphatic rings. The van der Waals surface area contributed by atoms with Gasteiger partial charge in [0, 0.05) is 10.5 Å². The molecule has 7 rings (SSSR count). The Morgan fingerprint density at radius 3 is 2.38 bits per heavy atom. The summed E-state index contributed by atoms with van der Waals surface area (Å²) in [6.07, 6.45) is 3.88. The zero-order chi connectivity index (χ0) is 33.0. The lowest BCUT2D eigenvalue weighted by molar-refractivity contribution is -0.138. The maximum absolute atomic E-state index is 14.2. The Balaban J connectivity index is 1.27. The quantitative estimate of drug-likeness (QED) is 0.119. The Morgan fingerprint density at radius 1 is 0.896 bits per heavy atom. The molecule has 0 amide bonds. The molecule has 0 fully saturated rings. The molecule has 0 radical (unpaired) electrons. The van der Waals surface area contributed by atoms with Crippen LogP contribution in [0, 0.1) is 0 Å². The number of carbonyl (C=O) groups is 1. The standard InChI is InChI=1S/C40H32N2O4S2/c1-3-45-39(44)35-36(28-11-5-4-6-12-28)41-40-42(37(35)29-18-22-32(47-2)23-19-29)38(43)34(48-40)24-26-16-20-31(21-17-26)46-25-30-14-9-13-27-10-7-8-15-33(27)30/h4-24,37H,3,25H2,1-2H3/b34-24-/t37-/m1/s1. The van der Waals surface area contributed by atoms with E-state index in [1.807, 2.05) is 109 Å². The second-order valence-electron chi connectivity index (χ2n) is 11.2.